The van der Waals surface area contributed by atoms with Crippen molar-refractivity contribution in [1.29, 1.82) is 0 Å². The van der Waals surface area contributed by atoms with Crippen LogP contribution in [0.2, 0.25) is 10.0 Å². The molecule has 4 nitrogen and oxygen atoms in total. The maximum atomic E-state index is 9.80. The molecule has 0 amide bonds. The molecular weight excluding hydrogens is 393 g/mol. The Labute approximate surface area is 172 Å². The van der Waals surface area contributed by atoms with Gasteiger partial charge in [0, 0.05) is 29.5 Å². The Hall–Kier alpha value is -2.79. The van der Waals surface area contributed by atoms with Crippen molar-refractivity contribution in [2.24, 2.45) is 5.73 Å². The number of pyridine rings is 1. The van der Waals surface area contributed by atoms with Crippen molar-refractivity contribution in [3.05, 3.63) is 82.5 Å². The van der Waals surface area contributed by atoms with Crippen molar-refractivity contribution in [2.75, 3.05) is 5.32 Å². The minimum absolute atomic E-state index is 0.113. The number of nitrogens with zero attached hydrogens (tertiary/aromatic N) is 1. The summed E-state index contributed by atoms with van der Waals surface area (Å²) in [5, 5.41) is 14.6. The third-order valence-electron chi connectivity index (χ3n) is 4.56. The third kappa shape index (κ3) is 3.62. The zero-order chi connectivity index (χ0) is 19.7. The molecule has 0 saturated heterocycles. The number of aromatic hydroxyl groups is 1. The van der Waals surface area contributed by atoms with Crippen LogP contribution in [0.5, 0.6) is 5.75 Å². The lowest BCUT2D eigenvalue weighted by atomic mass is 10.0. The quantitative estimate of drug-likeness (QED) is 0.379. The van der Waals surface area contributed by atoms with E-state index in [1.165, 1.54) is 0 Å². The van der Waals surface area contributed by atoms with E-state index in [2.05, 4.69) is 10.3 Å². The number of nitrogens with one attached hydrogen (secondary N) is 1. The lowest BCUT2D eigenvalue weighted by Gasteiger charge is -2.12. The Kier molecular flexibility index (Phi) is 5.09. The van der Waals surface area contributed by atoms with Gasteiger partial charge in [-0.15, -0.1) is 0 Å². The Balaban J connectivity index is 1.77. The summed E-state index contributed by atoms with van der Waals surface area (Å²) in [4.78, 5) is 4.45. The predicted molar refractivity (Wildman–Crippen MR) is 116 cm³/mol. The maximum absolute atomic E-state index is 9.80. The average molecular weight is 410 g/mol. The zero-order valence-corrected chi connectivity index (χ0v) is 16.3. The molecule has 0 aliphatic heterocycles. The molecule has 3 aromatic carbocycles. The van der Waals surface area contributed by atoms with Crippen LogP contribution in [0.4, 0.5) is 11.4 Å². The molecule has 0 atom stereocenters. The van der Waals surface area contributed by atoms with E-state index < -0.39 is 0 Å². The van der Waals surface area contributed by atoms with Crippen LogP contribution in [0.1, 0.15) is 5.56 Å². The van der Waals surface area contributed by atoms with E-state index in [0.29, 0.717) is 6.54 Å². The number of halogens is 2. The van der Waals surface area contributed by atoms with Crippen LogP contribution < -0.4 is 11.1 Å². The molecular formula is C22H17Cl2N3O. The number of anilines is 2. The first-order valence-corrected chi connectivity index (χ1v) is 9.44. The van der Waals surface area contributed by atoms with E-state index in [1.807, 2.05) is 48.5 Å². The molecule has 0 bridgehead atoms. The van der Waals surface area contributed by atoms with Gasteiger partial charge in [0.15, 0.2) is 5.75 Å². The summed E-state index contributed by atoms with van der Waals surface area (Å²) < 4.78 is 0. The molecule has 1 aromatic heterocycles. The number of rotatable bonds is 4. The van der Waals surface area contributed by atoms with E-state index >= 15 is 0 Å². The lowest BCUT2D eigenvalue weighted by Crippen LogP contribution is -1.97. The van der Waals surface area contributed by atoms with Gasteiger partial charge in [0.1, 0.15) is 0 Å². The van der Waals surface area contributed by atoms with Crippen LogP contribution in [-0.4, -0.2) is 10.1 Å². The average Bonchev–Trinajstić information content (AvgIpc) is 2.72. The lowest BCUT2D eigenvalue weighted by molar-refractivity contribution is 0.476. The van der Waals surface area contributed by atoms with Gasteiger partial charge in [0.25, 0.3) is 0 Å². The molecule has 0 spiro atoms. The van der Waals surface area contributed by atoms with Gasteiger partial charge >= 0.3 is 0 Å². The van der Waals surface area contributed by atoms with Crippen molar-refractivity contribution in [2.45, 2.75) is 6.54 Å². The van der Waals surface area contributed by atoms with Gasteiger partial charge in [0.2, 0.25) is 0 Å². The fourth-order valence-electron chi connectivity index (χ4n) is 3.05. The Morgan fingerprint density at radius 3 is 2.29 bits per heavy atom. The van der Waals surface area contributed by atoms with Crippen LogP contribution >= 0.6 is 23.2 Å². The second-order valence-corrected chi connectivity index (χ2v) is 7.22. The summed E-state index contributed by atoms with van der Waals surface area (Å²) in [6.45, 7) is 0.513. The Bertz CT molecular complexity index is 1140. The first-order chi connectivity index (χ1) is 13.5. The van der Waals surface area contributed by atoms with Gasteiger partial charge < -0.3 is 16.2 Å². The molecule has 4 aromatic rings. The van der Waals surface area contributed by atoms with Crippen molar-refractivity contribution in [3.63, 3.8) is 0 Å². The molecule has 0 unspecified atom stereocenters. The summed E-state index contributed by atoms with van der Waals surface area (Å²) in [6.07, 6.45) is 1.77. The Morgan fingerprint density at radius 1 is 0.893 bits per heavy atom. The fourth-order valence-corrected chi connectivity index (χ4v) is 3.53. The van der Waals surface area contributed by atoms with E-state index in [0.717, 1.165) is 39.0 Å². The second kappa shape index (κ2) is 7.68. The summed E-state index contributed by atoms with van der Waals surface area (Å²) in [6, 6.07) is 19.2. The first-order valence-electron chi connectivity index (χ1n) is 8.68. The number of benzene rings is 3. The van der Waals surface area contributed by atoms with E-state index in [9.17, 15) is 5.11 Å². The second-order valence-electron chi connectivity index (χ2n) is 6.40. The van der Waals surface area contributed by atoms with Crippen LogP contribution in [0, 0.1) is 0 Å². The molecule has 0 saturated carbocycles. The zero-order valence-electron chi connectivity index (χ0n) is 14.8. The number of phenolic OH excluding ortho intramolecular Hbond substituents is 1. The molecule has 4 rings (SSSR count). The largest absolute Gasteiger partial charge is 0.505 e. The monoisotopic (exact) mass is 409 g/mol. The molecule has 4 N–H and O–H groups in total. The van der Waals surface area contributed by atoms with Crippen molar-refractivity contribution in [3.8, 4) is 16.9 Å². The van der Waals surface area contributed by atoms with E-state index in [4.69, 9.17) is 28.9 Å². The molecule has 28 heavy (non-hydrogen) atoms. The van der Waals surface area contributed by atoms with Gasteiger partial charge in [0.05, 0.1) is 15.6 Å². The molecule has 0 aliphatic carbocycles. The molecule has 0 fully saturated rings. The summed E-state index contributed by atoms with van der Waals surface area (Å²) in [7, 11) is 0. The highest BCUT2D eigenvalue weighted by Crippen LogP contribution is 2.37. The number of hydrogen-bond donors (Lipinski definition) is 3. The molecule has 0 aliphatic rings. The normalized spacial score (nSPS) is 11.0. The topological polar surface area (TPSA) is 71.2 Å². The first kappa shape index (κ1) is 18.6. The highest BCUT2D eigenvalue weighted by molar-refractivity contribution is 6.37. The maximum Gasteiger partial charge on any atom is 0.152 e. The smallest absolute Gasteiger partial charge is 0.152 e. The Morgan fingerprint density at radius 2 is 1.61 bits per heavy atom. The molecule has 0 radical (unpaired) electrons. The number of hydrogen-bond acceptors (Lipinski definition) is 4. The summed E-state index contributed by atoms with van der Waals surface area (Å²) in [5.74, 6) is -0.113. The van der Waals surface area contributed by atoms with Gasteiger partial charge in [-0.25, -0.2) is 0 Å². The SMILES string of the molecule is NCc1ccc(Nc2ccnc3ccc(-c4cc(Cl)c(O)c(Cl)c4)cc23)cc1. The predicted octanol–water partition coefficient (Wildman–Crippen LogP) is 6.12. The fraction of sp³-hybridized carbons (Fsp3) is 0.0455. The van der Waals surface area contributed by atoms with Crippen LogP contribution in [0.3, 0.4) is 0 Å². The third-order valence-corrected chi connectivity index (χ3v) is 5.14. The van der Waals surface area contributed by atoms with Gasteiger partial charge in [-0.05, 0) is 59.2 Å². The van der Waals surface area contributed by atoms with Crippen LogP contribution in [-0.2, 0) is 6.54 Å². The molecule has 6 heteroatoms. The van der Waals surface area contributed by atoms with E-state index in [-0.39, 0.29) is 15.8 Å². The van der Waals surface area contributed by atoms with Crippen molar-refractivity contribution >= 4 is 45.5 Å². The summed E-state index contributed by atoms with van der Waals surface area (Å²) >= 11 is 12.2. The molecule has 140 valence electrons. The number of nitrogens with two attached hydrogens (primary N) is 1. The standard InChI is InChI=1S/C22H17Cl2N3O/c23-18-10-15(11-19(24)22(18)28)14-3-6-20-17(9-14)21(7-8-26-20)27-16-4-1-13(12-25)2-5-16/h1-11,28H,12,25H2,(H,26,27). The highest BCUT2D eigenvalue weighted by atomic mass is 35.5. The van der Waals surface area contributed by atoms with Gasteiger partial charge in [-0.1, -0.05) is 41.4 Å². The van der Waals surface area contributed by atoms with Gasteiger partial charge in [-0.3, -0.25) is 4.98 Å². The number of phenols is 1. The number of fused-ring (bicyclic) bond motifs is 1. The highest BCUT2D eigenvalue weighted by Gasteiger charge is 2.10. The van der Waals surface area contributed by atoms with E-state index in [1.54, 1.807) is 18.3 Å². The van der Waals surface area contributed by atoms with Crippen molar-refractivity contribution in [1.82, 2.24) is 4.98 Å². The molecule has 1 heterocycles. The van der Waals surface area contributed by atoms with Crippen molar-refractivity contribution < 1.29 is 5.11 Å². The summed E-state index contributed by atoms with van der Waals surface area (Å²) in [5.41, 5.74) is 11.2. The minimum Gasteiger partial charge on any atom is -0.505 e. The van der Waals surface area contributed by atoms with Crippen LogP contribution in [0.25, 0.3) is 22.0 Å². The number of aromatic nitrogens is 1. The van der Waals surface area contributed by atoms with Crippen LogP contribution in [0.15, 0.2) is 66.9 Å². The minimum atomic E-state index is -0.113. The van der Waals surface area contributed by atoms with Gasteiger partial charge in [-0.2, -0.15) is 0 Å².